The van der Waals surface area contributed by atoms with Gasteiger partial charge in [-0.25, -0.2) is 4.57 Å². The third kappa shape index (κ3) is 45.9. The number of unbranched alkanes of at least 4 members (excludes halogenated alkanes) is 3. The van der Waals surface area contributed by atoms with Gasteiger partial charge in [0.2, 0.25) is 0 Å². The van der Waals surface area contributed by atoms with E-state index in [1.54, 1.807) is 18.2 Å². The van der Waals surface area contributed by atoms with Crippen molar-refractivity contribution in [1.29, 1.82) is 0 Å². The zero-order valence-electron chi connectivity index (χ0n) is 39.4. The predicted molar refractivity (Wildman–Crippen MR) is 262 cm³/mol. The molecule has 354 valence electrons. The predicted octanol–water partition coefficient (Wildman–Crippen LogP) is 12.4. The van der Waals surface area contributed by atoms with Gasteiger partial charge in [0.15, 0.2) is 6.10 Å². The largest absolute Gasteiger partial charge is 0.472 e. The maximum Gasteiger partial charge on any atom is 0.472 e. The number of hydrogen-bond donors (Lipinski definition) is 2. The highest BCUT2D eigenvalue weighted by Gasteiger charge is 2.27. The van der Waals surface area contributed by atoms with Gasteiger partial charge in [0.05, 0.1) is 33.9 Å². The molecule has 0 amide bonds. The van der Waals surface area contributed by atoms with E-state index in [1.807, 2.05) is 39.4 Å². The Morgan fingerprint density at radius 1 is 0.571 bits per heavy atom. The molecule has 0 saturated heterocycles. The van der Waals surface area contributed by atoms with E-state index in [4.69, 9.17) is 18.5 Å². The Bertz CT molecular complexity index is 1540. The summed E-state index contributed by atoms with van der Waals surface area (Å²) in [6, 6.07) is 0. The third-order valence-electron chi connectivity index (χ3n) is 8.77. The molecule has 0 aromatic heterocycles. The van der Waals surface area contributed by atoms with Crippen molar-refractivity contribution >= 4 is 19.8 Å². The van der Waals surface area contributed by atoms with Gasteiger partial charge in [0.1, 0.15) is 19.8 Å². The molecule has 0 spiro atoms. The lowest BCUT2D eigenvalue weighted by Gasteiger charge is -2.24. The Morgan fingerprint density at radius 3 is 1.62 bits per heavy atom. The molecule has 0 rings (SSSR count). The van der Waals surface area contributed by atoms with Crippen LogP contribution in [0.25, 0.3) is 0 Å². The van der Waals surface area contributed by atoms with Crippen LogP contribution in [0.4, 0.5) is 0 Å². The first-order valence-electron chi connectivity index (χ1n) is 23.0. The van der Waals surface area contributed by atoms with Gasteiger partial charge in [-0.3, -0.25) is 18.6 Å². The van der Waals surface area contributed by atoms with Crippen molar-refractivity contribution in [3.8, 4) is 0 Å². The van der Waals surface area contributed by atoms with Crippen LogP contribution in [0.2, 0.25) is 0 Å². The summed E-state index contributed by atoms with van der Waals surface area (Å²) in [6.07, 6.45) is 56.8. The Labute approximate surface area is 382 Å². The first-order valence-corrected chi connectivity index (χ1v) is 24.5. The summed E-state index contributed by atoms with van der Waals surface area (Å²) >= 11 is 0. The normalized spacial score (nSPS) is 15.2. The average Bonchev–Trinajstić information content (AvgIpc) is 3.23. The van der Waals surface area contributed by atoms with E-state index in [-0.39, 0.29) is 26.1 Å². The number of ether oxygens (including phenoxy) is 2. The zero-order chi connectivity index (χ0) is 46.5. The molecule has 0 aliphatic carbocycles. The summed E-state index contributed by atoms with van der Waals surface area (Å²) in [5.41, 5.74) is 0. The lowest BCUT2D eigenvalue weighted by molar-refractivity contribution is -0.870. The summed E-state index contributed by atoms with van der Waals surface area (Å²) in [7, 11) is 1.32. The minimum Gasteiger partial charge on any atom is -0.462 e. The molecule has 3 atom stereocenters. The Hall–Kier alpha value is -3.89. The quantitative estimate of drug-likeness (QED) is 0.0155. The number of rotatable bonds is 39. The number of nitrogens with zero attached hydrogens (tertiary/aromatic N) is 1. The second kappa shape index (κ2) is 42.1. The monoisotopic (exact) mass is 897 g/mol. The molecule has 0 aromatic carbocycles. The number of phosphoric acid groups is 1. The highest BCUT2D eigenvalue weighted by molar-refractivity contribution is 7.47. The summed E-state index contributed by atoms with van der Waals surface area (Å²) < 4.78 is 34.1. The average molecular weight is 897 g/mol. The van der Waals surface area contributed by atoms with Gasteiger partial charge in [-0.15, -0.1) is 0 Å². The maximum absolute atomic E-state index is 12.7. The molecular weight excluding hydrogens is 814 g/mol. The Kier molecular flexibility index (Phi) is 39.5. The highest BCUT2D eigenvalue weighted by Crippen LogP contribution is 2.43. The van der Waals surface area contributed by atoms with E-state index >= 15 is 0 Å². The van der Waals surface area contributed by atoms with E-state index in [2.05, 4.69) is 111 Å². The van der Waals surface area contributed by atoms with Crippen molar-refractivity contribution in [2.45, 2.75) is 135 Å². The molecule has 0 saturated carbocycles. The van der Waals surface area contributed by atoms with Gasteiger partial charge in [0, 0.05) is 12.8 Å². The van der Waals surface area contributed by atoms with Crippen LogP contribution in [0, 0.1) is 0 Å². The van der Waals surface area contributed by atoms with Gasteiger partial charge >= 0.3 is 19.8 Å². The van der Waals surface area contributed by atoms with Crippen molar-refractivity contribution < 1.29 is 47.2 Å². The van der Waals surface area contributed by atoms with Gasteiger partial charge < -0.3 is 24.0 Å². The van der Waals surface area contributed by atoms with E-state index in [0.717, 1.165) is 77.0 Å². The molecule has 0 aliphatic rings. The van der Waals surface area contributed by atoms with Crippen LogP contribution in [-0.2, 0) is 32.7 Å². The molecule has 11 heteroatoms. The molecule has 2 N–H and O–H groups in total. The summed E-state index contributed by atoms with van der Waals surface area (Å²) in [5.74, 6) is -1.03. The van der Waals surface area contributed by atoms with E-state index < -0.39 is 38.6 Å². The Balaban J connectivity index is 4.64. The van der Waals surface area contributed by atoms with Crippen molar-refractivity contribution in [1.82, 2.24) is 0 Å². The SMILES string of the molecule is CC/C=C\C/C=C\C/C=C\C/C=C\C=C/C(O)C/C=C\CCC(=O)O[C@H](COC(=O)CCCCC/C=C\C/C=C\C/C=C\C/C=C\C/C=C\CC)COP(=O)(O)OCC[N+](C)(C)C. The van der Waals surface area contributed by atoms with Gasteiger partial charge in [-0.1, -0.05) is 154 Å². The van der Waals surface area contributed by atoms with Crippen LogP contribution in [0.5, 0.6) is 0 Å². The standard InChI is InChI=1S/C52H82NO9P/c1-6-8-10-12-14-16-18-20-21-22-23-24-25-27-29-31-33-35-39-43-51(55)59-47-50(48-61-63(57,58)60-46-45-53(3,4)5)62-52(56)44-40-36-38-42-49(54)41-37-34-32-30-28-26-19-17-15-13-11-9-7-2/h8-11,14-17,20-21,23-24,26-29,32,34,36-38,41,49-50,54H,6-7,12-13,18-19,22,25,30-31,33,35,39-40,42-48H2,1-5H3/p+1/b10-8-,11-9-,16-14-,17-15-,21-20-,24-23-,28-26-,29-27-,34-32-,38-36-,41-37-/t49?,50-/m1/s1. The number of carbonyl (C=O) groups is 2. The van der Waals surface area contributed by atoms with E-state index in [9.17, 15) is 24.2 Å². The summed E-state index contributed by atoms with van der Waals surface area (Å²) in [4.78, 5) is 35.4. The minimum absolute atomic E-state index is 0.0148. The van der Waals surface area contributed by atoms with Crippen molar-refractivity contribution in [3.05, 3.63) is 134 Å². The van der Waals surface area contributed by atoms with Gasteiger partial charge in [0.25, 0.3) is 0 Å². The second-order valence-electron chi connectivity index (χ2n) is 15.9. The third-order valence-corrected chi connectivity index (χ3v) is 9.75. The molecule has 0 aliphatic heterocycles. The summed E-state index contributed by atoms with van der Waals surface area (Å²) in [5, 5.41) is 10.2. The topological polar surface area (TPSA) is 129 Å². The van der Waals surface area contributed by atoms with Crippen molar-refractivity contribution in [2.24, 2.45) is 0 Å². The zero-order valence-corrected chi connectivity index (χ0v) is 40.2. The van der Waals surface area contributed by atoms with Crippen LogP contribution in [0.3, 0.4) is 0 Å². The van der Waals surface area contributed by atoms with Crippen LogP contribution >= 0.6 is 7.82 Å². The molecule has 0 fully saturated rings. The smallest absolute Gasteiger partial charge is 0.462 e. The van der Waals surface area contributed by atoms with Crippen molar-refractivity contribution in [3.63, 3.8) is 0 Å². The fraction of sp³-hybridized carbons (Fsp3) is 0.538. The molecule has 0 aromatic rings. The number of likely N-dealkylation sites (N-methyl/N-ethyl adjacent to an activating group) is 1. The van der Waals surface area contributed by atoms with Crippen LogP contribution < -0.4 is 0 Å². The van der Waals surface area contributed by atoms with Crippen LogP contribution in [-0.4, -0.2) is 86.1 Å². The Morgan fingerprint density at radius 2 is 1.08 bits per heavy atom. The number of hydrogen-bond acceptors (Lipinski definition) is 8. The fourth-order valence-corrected chi connectivity index (χ4v) is 5.95. The molecule has 0 heterocycles. The first-order chi connectivity index (χ1) is 30.4. The molecule has 63 heavy (non-hydrogen) atoms. The van der Waals surface area contributed by atoms with E-state index in [0.29, 0.717) is 30.3 Å². The van der Waals surface area contributed by atoms with Gasteiger partial charge in [-0.05, 0) is 89.9 Å². The highest BCUT2D eigenvalue weighted by atomic mass is 31.2. The molecular formula is C52H83NO9P+. The molecule has 0 bridgehead atoms. The lowest BCUT2D eigenvalue weighted by atomic mass is 10.1. The number of phosphoric ester groups is 1. The number of carbonyl (C=O) groups excluding carboxylic acids is 2. The fourth-order valence-electron chi connectivity index (χ4n) is 5.21. The number of quaternary nitrogens is 1. The van der Waals surface area contributed by atoms with Crippen LogP contribution in [0.1, 0.15) is 123 Å². The number of esters is 2. The van der Waals surface area contributed by atoms with Crippen molar-refractivity contribution in [2.75, 3.05) is 47.5 Å². The minimum atomic E-state index is -4.45. The lowest BCUT2D eigenvalue weighted by Crippen LogP contribution is -2.37. The van der Waals surface area contributed by atoms with Gasteiger partial charge in [-0.2, -0.15) is 0 Å². The van der Waals surface area contributed by atoms with Crippen LogP contribution in [0.15, 0.2) is 134 Å². The van der Waals surface area contributed by atoms with E-state index in [1.165, 1.54) is 0 Å². The molecule has 0 radical (unpaired) electrons. The molecule has 2 unspecified atom stereocenters. The number of allylic oxidation sites excluding steroid dienone is 20. The second-order valence-corrected chi connectivity index (χ2v) is 17.3. The first kappa shape index (κ1) is 59.1. The maximum atomic E-state index is 12.7. The number of aliphatic hydroxyl groups is 1. The number of aliphatic hydroxyl groups excluding tert-OH is 1. The summed E-state index contributed by atoms with van der Waals surface area (Å²) in [6.45, 7) is 3.91. The molecule has 10 nitrogen and oxygen atoms in total.